The Labute approximate surface area is 88.4 Å². The highest BCUT2D eigenvalue weighted by Crippen LogP contribution is 2.33. The first-order valence-corrected chi connectivity index (χ1v) is 5.38. The average Bonchev–Trinajstić information content (AvgIpc) is 1.96. The fraction of sp³-hybridized carbons (Fsp3) is 1.00. The standard InChI is InChI=1S/C8H14Cl3F/c1-2-3-4-5-6-7(9)8(10,11)12/h7H,2-6H2,1H3. The van der Waals surface area contributed by atoms with Crippen molar-refractivity contribution in [2.75, 3.05) is 0 Å². The van der Waals surface area contributed by atoms with Crippen LogP contribution in [0.4, 0.5) is 4.39 Å². The van der Waals surface area contributed by atoms with E-state index in [9.17, 15) is 4.39 Å². The van der Waals surface area contributed by atoms with Crippen molar-refractivity contribution in [2.45, 2.75) is 49.0 Å². The molecule has 0 saturated heterocycles. The number of unbranched alkanes of at least 4 members (excludes halogenated alkanes) is 3. The van der Waals surface area contributed by atoms with Crippen molar-refractivity contribution in [3.63, 3.8) is 0 Å². The third kappa shape index (κ3) is 6.33. The first kappa shape index (κ1) is 12.8. The maximum atomic E-state index is 12.7. The molecule has 0 aromatic carbocycles. The zero-order chi connectivity index (χ0) is 9.61. The highest BCUT2D eigenvalue weighted by Gasteiger charge is 2.32. The second kappa shape index (κ2) is 6.28. The molecule has 0 heterocycles. The molecule has 0 saturated carbocycles. The van der Waals surface area contributed by atoms with E-state index in [1.807, 2.05) is 0 Å². The minimum Gasteiger partial charge on any atom is -0.206 e. The van der Waals surface area contributed by atoms with Crippen LogP contribution < -0.4 is 0 Å². The van der Waals surface area contributed by atoms with Gasteiger partial charge in [0, 0.05) is 0 Å². The minimum atomic E-state index is -2.28. The van der Waals surface area contributed by atoms with Gasteiger partial charge in [0.15, 0.2) is 0 Å². The number of hydrogen-bond acceptors (Lipinski definition) is 0. The third-order valence-corrected chi connectivity index (χ3v) is 2.94. The highest BCUT2D eigenvalue weighted by molar-refractivity contribution is 6.51. The molecule has 0 fully saturated rings. The second-order valence-corrected chi connectivity index (χ2v) is 4.68. The van der Waals surface area contributed by atoms with Crippen molar-refractivity contribution in [1.82, 2.24) is 0 Å². The van der Waals surface area contributed by atoms with E-state index in [0.717, 1.165) is 25.7 Å². The van der Waals surface area contributed by atoms with Crippen LogP contribution in [0.25, 0.3) is 0 Å². The summed E-state index contributed by atoms with van der Waals surface area (Å²) >= 11 is 15.9. The first-order valence-electron chi connectivity index (χ1n) is 4.19. The lowest BCUT2D eigenvalue weighted by molar-refractivity contribution is 0.363. The van der Waals surface area contributed by atoms with Crippen LogP contribution in [0.15, 0.2) is 0 Å². The smallest absolute Gasteiger partial charge is 0.206 e. The molecule has 0 nitrogen and oxygen atoms in total. The van der Waals surface area contributed by atoms with Gasteiger partial charge in [0.1, 0.15) is 0 Å². The number of alkyl halides is 4. The lowest BCUT2D eigenvalue weighted by Crippen LogP contribution is -2.20. The van der Waals surface area contributed by atoms with Gasteiger partial charge >= 0.3 is 0 Å². The molecule has 0 aliphatic carbocycles. The lowest BCUT2D eigenvalue weighted by Gasteiger charge is -2.15. The molecule has 0 radical (unpaired) electrons. The van der Waals surface area contributed by atoms with Crippen LogP contribution in [0.5, 0.6) is 0 Å². The Morgan fingerprint density at radius 2 is 1.83 bits per heavy atom. The maximum Gasteiger partial charge on any atom is 0.273 e. The number of halogens is 4. The molecular formula is C8H14Cl3F. The van der Waals surface area contributed by atoms with Gasteiger partial charge in [0.25, 0.3) is 4.59 Å². The maximum absolute atomic E-state index is 12.7. The van der Waals surface area contributed by atoms with Crippen LogP contribution in [0.1, 0.15) is 39.0 Å². The summed E-state index contributed by atoms with van der Waals surface area (Å²) in [5, 5.41) is -0.794. The fourth-order valence-corrected chi connectivity index (χ4v) is 1.29. The SMILES string of the molecule is CCCCCCC(Cl)C(F)(Cl)Cl. The molecule has 0 aliphatic rings. The summed E-state index contributed by atoms with van der Waals surface area (Å²) in [5.41, 5.74) is 0. The Morgan fingerprint density at radius 3 is 2.25 bits per heavy atom. The fourth-order valence-electron chi connectivity index (χ4n) is 0.914. The van der Waals surface area contributed by atoms with E-state index in [1.165, 1.54) is 0 Å². The zero-order valence-corrected chi connectivity index (χ0v) is 9.39. The second-order valence-electron chi connectivity index (χ2n) is 2.86. The topological polar surface area (TPSA) is 0 Å². The van der Waals surface area contributed by atoms with E-state index >= 15 is 0 Å². The summed E-state index contributed by atoms with van der Waals surface area (Å²) in [7, 11) is 0. The van der Waals surface area contributed by atoms with Gasteiger partial charge in [-0.05, 0) is 6.42 Å². The molecule has 0 bridgehead atoms. The van der Waals surface area contributed by atoms with Crippen LogP contribution in [0.2, 0.25) is 0 Å². The van der Waals surface area contributed by atoms with Crippen LogP contribution >= 0.6 is 34.8 Å². The molecule has 0 aromatic heterocycles. The van der Waals surface area contributed by atoms with E-state index in [1.54, 1.807) is 0 Å². The monoisotopic (exact) mass is 234 g/mol. The van der Waals surface area contributed by atoms with Crippen LogP contribution in [-0.2, 0) is 0 Å². The van der Waals surface area contributed by atoms with Crippen LogP contribution in [0.3, 0.4) is 0 Å². The summed E-state index contributed by atoms with van der Waals surface area (Å²) in [4.78, 5) is 0. The third-order valence-electron chi connectivity index (χ3n) is 1.67. The molecule has 1 unspecified atom stereocenters. The summed E-state index contributed by atoms with van der Waals surface area (Å²) in [6, 6.07) is 0. The van der Waals surface area contributed by atoms with Crippen LogP contribution in [-0.4, -0.2) is 9.96 Å². The molecular weight excluding hydrogens is 221 g/mol. The Morgan fingerprint density at radius 1 is 1.25 bits per heavy atom. The van der Waals surface area contributed by atoms with E-state index in [0.29, 0.717) is 6.42 Å². The number of rotatable bonds is 6. The summed E-state index contributed by atoms with van der Waals surface area (Å²) in [6.07, 6.45) is 4.77. The van der Waals surface area contributed by atoms with Gasteiger partial charge in [-0.2, -0.15) is 0 Å². The van der Waals surface area contributed by atoms with Crippen molar-refractivity contribution in [3.8, 4) is 0 Å². The van der Waals surface area contributed by atoms with Crippen molar-refractivity contribution in [2.24, 2.45) is 0 Å². The molecule has 0 aliphatic heterocycles. The van der Waals surface area contributed by atoms with Gasteiger partial charge in [0.05, 0.1) is 5.38 Å². The largest absolute Gasteiger partial charge is 0.273 e. The normalized spacial score (nSPS) is 14.8. The zero-order valence-electron chi connectivity index (χ0n) is 7.12. The molecule has 0 rings (SSSR count). The van der Waals surface area contributed by atoms with Gasteiger partial charge in [0.2, 0.25) is 0 Å². The molecule has 12 heavy (non-hydrogen) atoms. The van der Waals surface area contributed by atoms with Crippen LogP contribution in [0, 0.1) is 0 Å². The summed E-state index contributed by atoms with van der Waals surface area (Å²) in [6.45, 7) is 2.11. The van der Waals surface area contributed by atoms with Gasteiger partial charge < -0.3 is 0 Å². The quantitative estimate of drug-likeness (QED) is 0.464. The van der Waals surface area contributed by atoms with Gasteiger partial charge in [-0.15, -0.1) is 11.6 Å². The Bertz CT molecular complexity index is 111. The average molecular weight is 236 g/mol. The van der Waals surface area contributed by atoms with E-state index in [4.69, 9.17) is 34.8 Å². The Kier molecular flexibility index (Phi) is 6.70. The molecule has 0 aromatic rings. The molecule has 4 heteroatoms. The molecule has 0 N–H and O–H groups in total. The minimum absolute atomic E-state index is 0.533. The summed E-state index contributed by atoms with van der Waals surface area (Å²) < 4.78 is 10.4. The van der Waals surface area contributed by atoms with Gasteiger partial charge in [-0.25, -0.2) is 4.39 Å². The van der Waals surface area contributed by atoms with Gasteiger partial charge in [-0.3, -0.25) is 0 Å². The Hall–Kier alpha value is 0.800. The summed E-state index contributed by atoms with van der Waals surface area (Å²) in [5.74, 6) is 0. The van der Waals surface area contributed by atoms with E-state index in [-0.39, 0.29) is 0 Å². The predicted molar refractivity (Wildman–Crippen MR) is 53.9 cm³/mol. The van der Waals surface area contributed by atoms with Gasteiger partial charge in [-0.1, -0.05) is 55.8 Å². The lowest BCUT2D eigenvalue weighted by atomic mass is 10.1. The van der Waals surface area contributed by atoms with E-state index < -0.39 is 9.96 Å². The van der Waals surface area contributed by atoms with Crippen molar-refractivity contribution < 1.29 is 4.39 Å². The van der Waals surface area contributed by atoms with Crippen molar-refractivity contribution >= 4 is 34.8 Å². The molecule has 0 amide bonds. The highest BCUT2D eigenvalue weighted by atomic mass is 35.5. The molecule has 0 spiro atoms. The van der Waals surface area contributed by atoms with Crippen molar-refractivity contribution in [1.29, 1.82) is 0 Å². The van der Waals surface area contributed by atoms with Crippen molar-refractivity contribution in [3.05, 3.63) is 0 Å². The number of hydrogen-bond donors (Lipinski definition) is 0. The predicted octanol–water partition coefficient (Wildman–Crippen LogP) is 4.67. The molecule has 1 atom stereocenters. The first-order chi connectivity index (χ1) is 5.48. The van der Waals surface area contributed by atoms with E-state index in [2.05, 4.69) is 6.92 Å². The molecule has 74 valence electrons. The Balaban J connectivity index is 3.38.